The summed E-state index contributed by atoms with van der Waals surface area (Å²) in [4.78, 5) is 18.6. The van der Waals surface area contributed by atoms with Gasteiger partial charge < -0.3 is 25.4 Å². The zero-order valence-electron chi connectivity index (χ0n) is 25.6. The molecule has 0 spiro atoms. The van der Waals surface area contributed by atoms with Crippen molar-refractivity contribution < 1.29 is 18.3 Å². The molecule has 1 saturated carbocycles. The molecule has 4 atom stereocenters. The van der Waals surface area contributed by atoms with Crippen molar-refractivity contribution in [3.63, 3.8) is 0 Å². The maximum Gasteiger partial charge on any atom is 0.319 e. The van der Waals surface area contributed by atoms with Crippen molar-refractivity contribution in [1.82, 2.24) is 25.2 Å². The van der Waals surface area contributed by atoms with E-state index in [4.69, 9.17) is 20.2 Å². The molecule has 3 N–H and O–H groups in total. The number of hydrogen-bond acceptors (Lipinski definition) is 11. The summed E-state index contributed by atoms with van der Waals surface area (Å²) in [6.07, 6.45) is 7.64. The van der Waals surface area contributed by atoms with Gasteiger partial charge in [-0.3, -0.25) is 9.88 Å². The summed E-state index contributed by atoms with van der Waals surface area (Å²) in [6.45, 7) is 10.3. The van der Waals surface area contributed by atoms with E-state index in [0.29, 0.717) is 36.5 Å². The Morgan fingerprint density at radius 2 is 2.09 bits per heavy atom. The minimum atomic E-state index is -0.738. The van der Waals surface area contributed by atoms with E-state index < -0.39 is 22.8 Å². The van der Waals surface area contributed by atoms with Crippen molar-refractivity contribution in [3.05, 3.63) is 46.3 Å². The van der Waals surface area contributed by atoms with Crippen molar-refractivity contribution in [2.24, 2.45) is 17.1 Å². The number of aromatic nitrogens is 3. The first kappa shape index (κ1) is 30.3. The Kier molecular flexibility index (Phi) is 8.18. The number of morpholine rings is 1. The lowest BCUT2D eigenvalue weighted by atomic mass is 9.83. The summed E-state index contributed by atoms with van der Waals surface area (Å²) in [5.74, 6) is -1.22. The maximum atomic E-state index is 16.7. The number of allylic oxidation sites excluding steroid dienone is 4. The van der Waals surface area contributed by atoms with Crippen LogP contribution in [0.25, 0.3) is 16.5 Å². The fraction of sp³-hybridized carbons (Fsp3) is 0.562. The van der Waals surface area contributed by atoms with Crippen LogP contribution in [-0.2, 0) is 4.74 Å². The zero-order valence-corrected chi connectivity index (χ0v) is 26.4. The fourth-order valence-corrected chi connectivity index (χ4v) is 8.08. The van der Waals surface area contributed by atoms with Crippen molar-refractivity contribution in [3.8, 4) is 12.1 Å². The van der Waals surface area contributed by atoms with Gasteiger partial charge in [-0.15, -0.1) is 0 Å². The Morgan fingerprint density at radius 3 is 2.84 bits per heavy atom. The van der Waals surface area contributed by atoms with E-state index in [2.05, 4.69) is 45.0 Å². The van der Waals surface area contributed by atoms with Crippen LogP contribution in [0.5, 0.6) is 6.01 Å². The predicted octanol–water partition coefficient (Wildman–Crippen LogP) is 3.91. The number of thioether (sulfide) groups is 1. The Balaban J connectivity index is 1.25. The van der Waals surface area contributed by atoms with E-state index in [1.54, 1.807) is 6.20 Å². The molecule has 7 rings (SSSR count). The summed E-state index contributed by atoms with van der Waals surface area (Å²) in [7, 11) is 0. The second-order valence-corrected chi connectivity index (χ2v) is 14.0. The largest absolute Gasteiger partial charge is 0.463 e. The van der Waals surface area contributed by atoms with Crippen LogP contribution in [0.3, 0.4) is 0 Å². The van der Waals surface area contributed by atoms with Gasteiger partial charge in [0.2, 0.25) is 0 Å². The highest BCUT2D eigenvalue weighted by Gasteiger charge is 2.46. The van der Waals surface area contributed by atoms with Crippen molar-refractivity contribution in [2.45, 2.75) is 50.5 Å². The average molecular weight is 637 g/mol. The number of ether oxygens (including phenoxy) is 2. The first-order chi connectivity index (χ1) is 21.8. The number of rotatable bonds is 8. The van der Waals surface area contributed by atoms with Gasteiger partial charge >= 0.3 is 6.01 Å². The molecule has 3 unspecified atom stereocenters. The van der Waals surface area contributed by atoms with Crippen LogP contribution in [-0.4, -0.2) is 89.7 Å². The number of fused-ring (bicyclic) bond motifs is 2. The van der Waals surface area contributed by atoms with E-state index in [9.17, 15) is 9.65 Å². The summed E-state index contributed by atoms with van der Waals surface area (Å²) in [6, 6.07) is 2.50. The molecule has 0 radical (unpaired) electrons. The van der Waals surface area contributed by atoms with Crippen LogP contribution in [0.1, 0.15) is 38.8 Å². The Labute approximate surface area is 265 Å². The third-order valence-corrected chi connectivity index (χ3v) is 10.8. The average Bonchev–Trinajstić information content (AvgIpc) is 3.72. The minimum Gasteiger partial charge on any atom is -0.463 e. The summed E-state index contributed by atoms with van der Waals surface area (Å²) in [5.41, 5.74) is 6.84. The molecule has 2 aliphatic carbocycles. The van der Waals surface area contributed by atoms with Gasteiger partial charge in [-0.25, -0.2) is 8.78 Å². The highest BCUT2D eigenvalue weighted by atomic mass is 32.2. The van der Waals surface area contributed by atoms with Crippen molar-refractivity contribution in [2.75, 3.05) is 57.4 Å². The van der Waals surface area contributed by atoms with Crippen molar-refractivity contribution in [1.29, 1.82) is 5.26 Å². The first-order valence-electron chi connectivity index (χ1n) is 15.7. The number of pyridine rings is 1. The second-order valence-electron chi connectivity index (χ2n) is 12.8. The van der Waals surface area contributed by atoms with Crippen LogP contribution in [0.15, 0.2) is 34.8 Å². The zero-order chi connectivity index (χ0) is 31.3. The molecule has 0 aromatic carbocycles. The monoisotopic (exact) mass is 636 g/mol. The summed E-state index contributed by atoms with van der Waals surface area (Å²) < 4.78 is 43.5. The lowest BCUT2D eigenvalue weighted by molar-refractivity contribution is -0.0273. The molecule has 2 aromatic heterocycles. The molecule has 13 heteroatoms. The number of piperazine rings is 1. The van der Waals surface area contributed by atoms with Gasteiger partial charge in [-0.1, -0.05) is 24.8 Å². The number of nitrogens with two attached hydrogens (primary N) is 1. The number of anilines is 1. The fourth-order valence-electron chi connectivity index (χ4n) is 6.90. The molecule has 3 fully saturated rings. The van der Waals surface area contributed by atoms with Gasteiger partial charge in [0.05, 0.1) is 46.6 Å². The topological polar surface area (TPSA) is 125 Å². The minimum absolute atomic E-state index is 0.0122. The Morgan fingerprint density at radius 1 is 1.24 bits per heavy atom. The van der Waals surface area contributed by atoms with E-state index >= 15 is 4.39 Å². The Bertz CT molecular complexity index is 1640. The van der Waals surface area contributed by atoms with Gasteiger partial charge in [0.25, 0.3) is 0 Å². The SMILES string of the molecule is CCC1CN(c2nc(OCC3(CN4CCO[C@H](C)C4)CC3)nc3c(F)c(C4=CC=C(F)C5SC(N)=C(C#N)C45)ncc23)CCN1. The molecule has 0 amide bonds. The van der Waals surface area contributed by atoms with Gasteiger partial charge in [-0.2, -0.15) is 15.2 Å². The first-order valence-corrected chi connectivity index (χ1v) is 16.6. The van der Waals surface area contributed by atoms with E-state index in [0.717, 1.165) is 63.8 Å². The van der Waals surface area contributed by atoms with E-state index in [1.807, 2.05) is 0 Å². The van der Waals surface area contributed by atoms with Crippen LogP contribution < -0.4 is 20.7 Å². The molecule has 5 aliphatic rings. The highest BCUT2D eigenvalue weighted by molar-refractivity contribution is 8.04. The third-order valence-electron chi connectivity index (χ3n) is 9.60. The normalized spacial score (nSPS) is 28.0. The molecule has 45 heavy (non-hydrogen) atoms. The maximum absolute atomic E-state index is 16.7. The number of hydrogen-bond donors (Lipinski definition) is 2. The number of nitrogens with one attached hydrogen (secondary N) is 1. The molecular weight excluding hydrogens is 598 g/mol. The molecule has 2 aromatic rings. The highest BCUT2D eigenvalue weighted by Crippen LogP contribution is 2.51. The predicted molar refractivity (Wildman–Crippen MR) is 169 cm³/mol. The quantitative estimate of drug-likeness (QED) is 0.438. The van der Waals surface area contributed by atoms with Gasteiger partial charge in [0, 0.05) is 62.8 Å². The lowest BCUT2D eigenvalue weighted by Crippen LogP contribution is -2.50. The third kappa shape index (κ3) is 5.78. The van der Waals surface area contributed by atoms with Crippen LogP contribution in [0.2, 0.25) is 0 Å². The summed E-state index contributed by atoms with van der Waals surface area (Å²) >= 11 is 1.08. The molecular formula is C32H38F2N8O2S. The van der Waals surface area contributed by atoms with Gasteiger partial charge in [0.1, 0.15) is 22.9 Å². The van der Waals surface area contributed by atoms with E-state index in [1.165, 1.54) is 12.2 Å². The van der Waals surface area contributed by atoms with Gasteiger partial charge in [-0.05, 0) is 37.8 Å². The standard InChI is InChI=1S/C32H38F2N8O2S/c1-3-19-15-42(9-8-37-19)30-22-13-38-26(20-4-5-23(33)28-24(20)21(12-35)29(36)45-28)25(34)27(22)39-31(40-30)44-17-32(6-7-32)16-41-10-11-43-18(2)14-41/h4-5,13,18-19,24,28,37H,3,6-11,14-17,36H2,1-2H3/t18-,19?,24?,28?/m1/s1. The number of nitriles is 1. The van der Waals surface area contributed by atoms with Crippen LogP contribution >= 0.6 is 11.8 Å². The summed E-state index contributed by atoms with van der Waals surface area (Å²) in [5, 5.41) is 13.4. The number of nitrogens with zero attached hydrogens (tertiary/aromatic N) is 6. The molecule has 238 valence electrons. The molecule has 3 aliphatic heterocycles. The lowest BCUT2D eigenvalue weighted by Gasteiger charge is -2.35. The van der Waals surface area contributed by atoms with E-state index in [-0.39, 0.29) is 45.4 Å². The molecule has 2 saturated heterocycles. The molecule has 5 heterocycles. The van der Waals surface area contributed by atoms with Crippen LogP contribution in [0.4, 0.5) is 14.6 Å². The van der Waals surface area contributed by atoms with Crippen LogP contribution in [0, 0.1) is 28.5 Å². The molecule has 0 bridgehead atoms. The smallest absolute Gasteiger partial charge is 0.319 e. The van der Waals surface area contributed by atoms with Crippen molar-refractivity contribution >= 4 is 34.1 Å². The number of halogens is 2. The molecule has 10 nitrogen and oxygen atoms in total. The Hall–Kier alpha value is -3.31. The van der Waals surface area contributed by atoms with Gasteiger partial charge in [0.15, 0.2) is 5.82 Å². The second kappa shape index (κ2) is 12.1.